The summed E-state index contributed by atoms with van der Waals surface area (Å²) in [7, 11) is 0. The van der Waals surface area contributed by atoms with Crippen LogP contribution >= 0.6 is 0 Å². The maximum absolute atomic E-state index is 6.01. The van der Waals surface area contributed by atoms with Gasteiger partial charge in [-0.15, -0.1) is 0 Å². The van der Waals surface area contributed by atoms with Gasteiger partial charge in [0.15, 0.2) is 0 Å². The lowest BCUT2D eigenvalue weighted by atomic mass is 9.89. The lowest BCUT2D eigenvalue weighted by Crippen LogP contribution is -2.54. The summed E-state index contributed by atoms with van der Waals surface area (Å²) in [6.07, 6.45) is 16.8. The molecule has 1 saturated heterocycles. The molecule has 1 fully saturated rings. The fraction of sp³-hybridized carbons (Fsp3) is 1.00. The number of hydrogen-bond donors (Lipinski definition) is 1. The van der Waals surface area contributed by atoms with E-state index in [1.54, 1.807) is 0 Å². The van der Waals surface area contributed by atoms with E-state index in [4.69, 9.17) is 4.74 Å². The molecule has 0 saturated carbocycles. The van der Waals surface area contributed by atoms with Gasteiger partial charge in [-0.3, -0.25) is 0 Å². The Kier molecular flexibility index (Phi) is 10.4. The summed E-state index contributed by atoms with van der Waals surface area (Å²) in [5.41, 5.74) is 0.0670. The van der Waals surface area contributed by atoms with Crippen LogP contribution in [0.5, 0.6) is 0 Å². The molecular formula is C19H39NO. The van der Waals surface area contributed by atoms with Gasteiger partial charge in [0, 0.05) is 12.6 Å². The molecule has 2 unspecified atom stereocenters. The first-order valence-electron chi connectivity index (χ1n) is 9.56. The van der Waals surface area contributed by atoms with E-state index >= 15 is 0 Å². The third kappa shape index (κ3) is 8.21. The molecule has 0 aromatic carbocycles. The topological polar surface area (TPSA) is 21.3 Å². The minimum Gasteiger partial charge on any atom is -0.372 e. The number of unbranched alkanes of at least 4 members (excludes halogenated alkanes) is 10. The largest absolute Gasteiger partial charge is 0.372 e. The molecule has 0 aromatic heterocycles. The van der Waals surface area contributed by atoms with Crippen LogP contribution in [0.1, 0.15) is 97.8 Å². The average Bonchev–Trinajstić information content (AvgIpc) is 2.48. The van der Waals surface area contributed by atoms with Gasteiger partial charge in [-0.1, -0.05) is 77.6 Å². The second kappa shape index (κ2) is 11.5. The Morgan fingerprint density at radius 3 is 1.95 bits per heavy atom. The number of hydrogen-bond acceptors (Lipinski definition) is 2. The van der Waals surface area contributed by atoms with E-state index in [2.05, 4.69) is 26.1 Å². The Bertz CT molecular complexity index is 244. The van der Waals surface area contributed by atoms with Gasteiger partial charge in [0.1, 0.15) is 0 Å². The molecule has 2 nitrogen and oxygen atoms in total. The first-order chi connectivity index (χ1) is 10.2. The first-order valence-corrected chi connectivity index (χ1v) is 9.56. The van der Waals surface area contributed by atoms with Crippen LogP contribution in [-0.4, -0.2) is 24.8 Å². The molecule has 1 heterocycles. The van der Waals surface area contributed by atoms with Crippen molar-refractivity contribution in [3.8, 4) is 0 Å². The standard InChI is InChI=1S/C19H39NO/c1-4-5-6-7-8-9-10-11-12-13-14-15-19(3)18(2)20-16-17-21-19/h18,20H,4-17H2,1-3H3. The highest BCUT2D eigenvalue weighted by Crippen LogP contribution is 2.26. The van der Waals surface area contributed by atoms with Crippen molar-refractivity contribution in [2.75, 3.05) is 13.2 Å². The Morgan fingerprint density at radius 2 is 1.43 bits per heavy atom. The second-order valence-electron chi connectivity index (χ2n) is 7.12. The van der Waals surface area contributed by atoms with Gasteiger partial charge in [0.2, 0.25) is 0 Å². The smallest absolute Gasteiger partial charge is 0.0804 e. The summed E-state index contributed by atoms with van der Waals surface area (Å²) in [6, 6.07) is 0.495. The van der Waals surface area contributed by atoms with Crippen molar-refractivity contribution in [2.24, 2.45) is 0 Å². The fourth-order valence-corrected chi connectivity index (χ4v) is 3.33. The monoisotopic (exact) mass is 297 g/mol. The highest BCUT2D eigenvalue weighted by Gasteiger charge is 2.33. The summed E-state index contributed by atoms with van der Waals surface area (Å²) in [4.78, 5) is 0. The molecule has 0 bridgehead atoms. The van der Waals surface area contributed by atoms with Crippen LogP contribution in [0.4, 0.5) is 0 Å². The van der Waals surface area contributed by atoms with Crippen LogP contribution < -0.4 is 5.32 Å². The van der Waals surface area contributed by atoms with Crippen LogP contribution in [0.2, 0.25) is 0 Å². The Balaban J connectivity index is 1.88. The van der Waals surface area contributed by atoms with Crippen LogP contribution in [0.25, 0.3) is 0 Å². The lowest BCUT2D eigenvalue weighted by molar-refractivity contribution is -0.0856. The van der Waals surface area contributed by atoms with Crippen LogP contribution in [0.3, 0.4) is 0 Å². The molecule has 2 atom stereocenters. The van der Waals surface area contributed by atoms with Gasteiger partial charge in [-0.2, -0.15) is 0 Å². The summed E-state index contributed by atoms with van der Waals surface area (Å²) in [6.45, 7) is 8.71. The van der Waals surface area contributed by atoms with Crippen molar-refractivity contribution in [3.05, 3.63) is 0 Å². The molecule has 0 aromatic rings. The van der Waals surface area contributed by atoms with E-state index in [9.17, 15) is 0 Å². The molecule has 1 aliphatic rings. The normalized spacial score (nSPS) is 26.1. The zero-order valence-electron chi connectivity index (χ0n) is 14.9. The molecule has 1 N–H and O–H groups in total. The molecule has 126 valence electrons. The van der Waals surface area contributed by atoms with Gasteiger partial charge in [-0.05, 0) is 20.3 Å². The van der Waals surface area contributed by atoms with E-state index < -0.39 is 0 Å². The van der Waals surface area contributed by atoms with E-state index in [-0.39, 0.29) is 5.60 Å². The van der Waals surface area contributed by atoms with Crippen molar-refractivity contribution in [1.82, 2.24) is 5.32 Å². The van der Waals surface area contributed by atoms with Crippen molar-refractivity contribution in [1.29, 1.82) is 0 Å². The van der Waals surface area contributed by atoms with E-state index in [0.29, 0.717) is 6.04 Å². The summed E-state index contributed by atoms with van der Waals surface area (Å²) >= 11 is 0. The summed E-state index contributed by atoms with van der Waals surface area (Å²) in [5.74, 6) is 0. The van der Waals surface area contributed by atoms with Crippen molar-refractivity contribution in [2.45, 2.75) is 109 Å². The Hall–Kier alpha value is -0.0800. The maximum Gasteiger partial charge on any atom is 0.0804 e. The minimum atomic E-state index is 0.0670. The number of nitrogens with one attached hydrogen (secondary N) is 1. The second-order valence-corrected chi connectivity index (χ2v) is 7.12. The van der Waals surface area contributed by atoms with Crippen LogP contribution in [0, 0.1) is 0 Å². The molecule has 0 amide bonds. The summed E-state index contributed by atoms with van der Waals surface area (Å²) in [5, 5.41) is 3.54. The fourth-order valence-electron chi connectivity index (χ4n) is 3.33. The number of ether oxygens (including phenoxy) is 1. The molecule has 0 spiro atoms. The van der Waals surface area contributed by atoms with E-state index in [1.165, 1.54) is 77.0 Å². The lowest BCUT2D eigenvalue weighted by Gasteiger charge is -2.40. The zero-order valence-corrected chi connectivity index (χ0v) is 14.9. The van der Waals surface area contributed by atoms with Gasteiger partial charge < -0.3 is 10.1 Å². The van der Waals surface area contributed by atoms with Crippen molar-refractivity contribution < 1.29 is 4.74 Å². The first kappa shape index (κ1) is 19.0. The summed E-state index contributed by atoms with van der Waals surface area (Å²) < 4.78 is 6.01. The number of morpholine rings is 1. The van der Waals surface area contributed by atoms with Gasteiger partial charge in [0.25, 0.3) is 0 Å². The maximum atomic E-state index is 6.01. The molecular weight excluding hydrogens is 258 g/mol. The highest BCUT2D eigenvalue weighted by atomic mass is 16.5. The predicted octanol–water partition coefficient (Wildman–Crippen LogP) is 5.45. The Labute approximate surface area is 133 Å². The Morgan fingerprint density at radius 1 is 0.905 bits per heavy atom. The van der Waals surface area contributed by atoms with Crippen LogP contribution in [-0.2, 0) is 4.74 Å². The molecule has 0 radical (unpaired) electrons. The SMILES string of the molecule is CCCCCCCCCCCCCC1(C)OCCNC1C. The van der Waals surface area contributed by atoms with E-state index in [0.717, 1.165) is 13.2 Å². The third-order valence-corrected chi connectivity index (χ3v) is 5.18. The molecule has 0 aliphatic carbocycles. The van der Waals surface area contributed by atoms with E-state index in [1.807, 2.05) is 0 Å². The molecule has 1 rings (SSSR count). The third-order valence-electron chi connectivity index (χ3n) is 5.18. The predicted molar refractivity (Wildman–Crippen MR) is 92.9 cm³/mol. The molecule has 21 heavy (non-hydrogen) atoms. The van der Waals surface area contributed by atoms with Crippen LogP contribution in [0.15, 0.2) is 0 Å². The van der Waals surface area contributed by atoms with Crippen molar-refractivity contribution in [3.63, 3.8) is 0 Å². The average molecular weight is 298 g/mol. The molecule has 1 aliphatic heterocycles. The number of rotatable bonds is 12. The minimum absolute atomic E-state index is 0.0670. The van der Waals surface area contributed by atoms with Gasteiger partial charge in [0.05, 0.1) is 12.2 Å². The highest BCUT2D eigenvalue weighted by molar-refractivity contribution is 4.89. The molecule has 2 heteroatoms. The quantitative estimate of drug-likeness (QED) is 0.483. The van der Waals surface area contributed by atoms with Crippen molar-refractivity contribution >= 4 is 0 Å². The van der Waals surface area contributed by atoms with Gasteiger partial charge >= 0.3 is 0 Å². The zero-order chi connectivity index (χ0) is 15.4. The van der Waals surface area contributed by atoms with Gasteiger partial charge in [-0.25, -0.2) is 0 Å².